The lowest BCUT2D eigenvalue weighted by molar-refractivity contribution is -0.384. The zero-order valence-corrected chi connectivity index (χ0v) is 11.4. The van der Waals surface area contributed by atoms with Crippen molar-refractivity contribution in [3.63, 3.8) is 0 Å². The topological polar surface area (TPSA) is 89.3 Å². The molecule has 104 valence electrons. The second kappa shape index (κ2) is 4.90. The smallest absolute Gasteiger partial charge is 0.269 e. The van der Waals surface area contributed by atoms with Crippen LogP contribution in [0.1, 0.15) is 18.9 Å². The summed E-state index contributed by atoms with van der Waals surface area (Å²) >= 11 is 0. The number of nitrogens with zero attached hydrogens (tertiary/aromatic N) is 1. The minimum absolute atomic E-state index is 0.0541. The highest BCUT2D eigenvalue weighted by atomic mass is 32.2. The van der Waals surface area contributed by atoms with Crippen molar-refractivity contribution in [1.82, 2.24) is 5.32 Å². The number of hydrogen-bond acceptors (Lipinski definition) is 5. The van der Waals surface area contributed by atoms with Crippen molar-refractivity contribution in [3.8, 4) is 0 Å². The fourth-order valence-electron chi connectivity index (χ4n) is 2.20. The first-order chi connectivity index (χ1) is 8.80. The van der Waals surface area contributed by atoms with E-state index in [-0.39, 0.29) is 17.2 Å². The Labute approximate surface area is 111 Å². The van der Waals surface area contributed by atoms with Gasteiger partial charge in [-0.2, -0.15) is 0 Å². The van der Waals surface area contributed by atoms with E-state index in [2.05, 4.69) is 5.32 Å². The summed E-state index contributed by atoms with van der Waals surface area (Å²) < 4.78 is 22.9. The molecular formula is C12H16N2O4S. The first kappa shape index (κ1) is 14.0. The molecule has 1 aliphatic rings. The highest BCUT2D eigenvalue weighted by Gasteiger charge is 2.37. The van der Waals surface area contributed by atoms with E-state index in [4.69, 9.17) is 0 Å². The minimum atomic E-state index is -2.93. The SMILES string of the molecule is CC1(NCc2ccc([N+](=O)[O-])cc2)CCS(=O)(=O)C1. The lowest BCUT2D eigenvalue weighted by Gasteiger charge is -2.23. The van der Waals surface area contributed by atoms with Crippen LogP contribution in [0.15, 0.2) is 24.3 Å². The van der Waals surface area contributed by atoms with Gasteiger partial charge < -0.3 is 5.32 Å². The maximum atomic E-state index is 11.5. The lowest BCUT2D eigenvalue weighted by Crippen LogP contribution is -2.42. The van der Waals surface area contributed by atoms with Gasteiger partial charge in [0, 0.05) is 24.2 Å². The maximum absolute atomic E-state index is 11.5. The van der Waals surface area contributed by atoms with Gasteiger partial charge in [-0.15, -0.1) is 0 Å². The van der Waals surface area contributed by atoms with Crippen LogP contribution >= 0.6 is 0 Å². The molecule has 7 heteroatoms. The average molecular weight is 284 g/mol. The number of nitro groups is 1. The van der Waals surface area contributed by atoms with E-state index < -0.39 is 20.3 Å². The predicted octanol–water partition coefficient (Wildman–Crippen LogP) is 1.26. The van der Waals surface area contributed by atoms with E-state index >= 15 is 0 Å². The number of nitro benzene ring substituents is 1. The van der Waals surface area contributed by atoms with Crippen LogP contribution in [0.25, 0.3) is 0 Å². The summed E-state index contributed by atoms with van der Waals surface area (Å²) in [6.07, 6.45) is 0.600. The van der Waals surface area contributed by atoms with Crippen molar-refractivity contribution < 1.29 is 13.3 Å². The second-order valence-corrected chi connectivity index (χ2v) is 7.36. The molecule has 1 fully saturated rings. The van der Waals surface area contributed by atoms with E-state index in [1.54, 1.807) is 12.1 Å². The molecule has 1 aromatic rings. The third kappa shape index (κ3) is 3.51. The lowest BCUT2D eigenvalue weighted by atomic mass is 10.0. The van der Waals surface area contributed by atoms with Crippen LogP contribution in [0, 0.1) is 10.1 Å². The van der Waals surface area contributed by atoms with E-state index in [0.29, 0.717) is 13.0 Å². The highest BCUT2D eigenvalue weighted by Crippen LogP contribution is 2.23. The van der Waals surface area contributed by atoms with Crippen LogP contribution in [0.2, 0.25) is 0 Å². The van der Waals surface area contributed by atoms with Crippen LogP contribution in [0.4, 0.5) is 5.69 Å². The Morgan fingerprint density at radius 2 is 2.00 bits per heavy atom. The van der Waals surface area contributed by atoms with Gasteiger partial charge in [0.25, 0.3) is 5.69 Å². The largest absolute Gasteiger partial charge is 0.306 e. The Balaban J connectivity index is 1.97. The number of benzene rings is 1. The predicted molar refractivity (Wildman–Crippen MR) is 71.6 cm³/mol. The minimum Gasteiger partial charge on any atom is -0.306 e. The monoisotopic (exact) mass is 284 g/mol. The van der Waals surface area contributed by atoms with Gasteiger partial charge in [-0.25, -0.2) is 8.42 Å². The zero-order chi connectivity index (χ0) is 14.1. The normalized spacial score (nSPS) is 25.3. The van der Waals surface area contributed by atoms with Gasteiger partial charge in [0.1, 0.15) is 0 Å². The molecule has 0 spiro atoms. The van der Waals surface area contributed by atoms with Crippen molar-refractivity contribution in [2.24, 2.45) is 0 Å². The number of nitrogens with one attached hydrogen (secondary N) is 1. The fourth-order valence-corrected chi connectivity index (χ4v) is 4.32. The van der Waals surface area contributed by atoms with Crippen LogP contribution in [-0.2, 0) is 16.4 Å². The molecule has 1 aliphatic heterocycles. The van der Waals surface area contributed by atoms with E-state index in [1.807, 2.05) is 6.92 Å². The molecule has 0 saturated carbocycles. The highest BCUT2D eigenvalue weighted by molar-refractivity contribution is 7.91. The molecule has 1 aromatic carbocycles. The summed E-state index contributed by atoms with van der Waals surface area (Å²) in [5.74, 6) is 0.365. The van der Waals surface area contributed by atoms with Crippen LogP contribution < -0.4 is 5.32 Å². The van der Waals surface area contributed by atoms with Gasteiger partial charge in [0.15, 0.2) is 9.84 Å². The third-order valence-corrected chi connectivity index (χ3v) is 5.27. The molecule has 2 rings (SSSR count). The molecule has 0 aromatic heterocycles. The van der Waals surface area contributed by atoms with E-state index in [1.165, 1.54) is 12.1 Å². The molecule has 0 bridgehead atoms. The fraction of sp³-hybridized carbons (Fsp3) is 0.500. The zero-order valence-electron chi connectivity index (χ0n) is 10.6. The average Bonchev–Trinajstić information content (AvgIpc) is 2.62. The summed E-state index contributed by atoms with van der Waals surface area (Å²) in [5.41, 5.74) is 0.551. The molecule has 1 atom stereocenters. The first-order valence-electron chi connectivity index (χ1n) is 5.99. The molecule has 19 heavy (non-hydrogen) atoms. The van der Waals surface area contributed by atoms with Gasteiger partial charge in [0.05, 0.1) is 16.4 Å². The van der Waals surface area contributed by atoms with Crippen LogP contribution in [0.3, 0.4) is 0 Å². The first-order valence-corrected chi connectivity index (χ1v) is 7.81. The standard InChI is InChI=1S/C12H16N2O4S/c1-12(6-7-19(17,18)9-12)13-8-10-2-4-11(5-3-10)14(15)16/h2-5,13H,6-9H2,1H3. The van der Waals surface area contributed by atoms with Crippen molar-refractivity contribution in [1.29, 1.82) is 0 Å². The van der Waals surface area contributed by atoms with Gasteiger partial charge >= 0.3 is 0 Å². The van der Waals surface area contributed by atoms with Gasteiger partial charge in [-0.05, 0) is 18.9 Å². The summed E-state index contributed by atoms with van der Waals surface area (Å²) in [6.45, 7) is 2.40. The molecule has 1 N–H and O–H groups in total. The van der Waals surface area contributed by atoms with Crippen LogP contribution in [-0.4, -0.2) is 30.4 Å². The quantitative estimate of drug-likeness (QED) is 0.664. The van der Waals surface area contributed by atoms with Crippen molar-refractivity contribution >= 4 is 15.5 Å². The van der Waals surface area contributed by atoms with E-state index in [0.717, 1.165) is 5.56 Å². The Morgan fingerprint density at radius 1 is 1.37 bits per heavy atom. The number of hydrogen-bond donors (Lipinski definition) is 1. The Bertz CT molecular complexity index is 582. The summed E-state index contributed by atoms with van der Waals surface area (Å²) in [4.78, 5) is 10.1. The molecular weight excluding hydrogens is 268 g/mol. The Morgan fingerprint density at radius 3 is 2.47 bits per heavy atom. The van der Waals surface area contributed by atoms with Crippen molar-refractivity contribution in [2.45, 2.75) is 25.4 Å². The molecule has 0 radical (unpaired) electrons. The second-order valence-electron chi connectivity index (χ2n) is 5.18. The van der Waals surface area contributed by atoms with E-state index in [9.17, 15) is 18.5 Å². The molecule has 1 unspecified atom stereocenters. The summed E-state index contributed by atoms with van der Waals surface area (Å²) in [7, 11) is -2.93. The molecule has 6 nitrogen and oxygen atoms in total. The Hall–Kier alpha value is -1.47. The molecule has 1 saturated heterocycles. The van der Waals surface area contributed by atoms with Crippen LogP contribution in [0.5, 0.6) is 0 Å². The molecule has 1 heterocycles. The van der Waals surface area contributed by atoms with Gasteiger partial charge in [-0.3, -0.25) is 10.1 Å². The van der Waals surface area contributed by atoms with Gasteiger partial charge in [0.2, 0.25) is 0 Å². The summed E-state index contributed by atoms with van der Waals surface area (Å²) in [6, 6.07) is 6.26. The maximum Gasteiger partial charge on any atom is 0.269 e. The van der Waals surface area contributed by atoms with Crippen molar-refractivity contribution in [3.05, 3.63) is 39.9 Å². The third-order valence-electron chi connectivity index (χ3n) is 3.37. The molecule has 0 aliphatic carbocycles. The summed E-state index contributed by atoms with van der Waals surface area (Å²) in [5, 5.41) is 13.8. The number of rotatable bonds is 4. The van der Waals surface area contributed by atoms with Gasteiger partial charge in [-0.1, -0.05) is 12.1 Å². The molecule has 0 amide bonds. The number of sulfone groups is 1. The van der Waals surface area contributed by atoms with Crippen molar-refractivity contribution in [2.75, 3.05) is 11.5 Å². The Kier molecular flexibility index (Phi) is 3.60. The number of non-ortho nitro benzene ring substituents is 1.